The zero-order chi connectivity index (χ0) is 15.1. The van der Waals surface area contributed by atoms with Crippen LogP contribution in [0.4, 0.5) is 11.4 Å². The molecule has 3 N–H and O–H groups in total. The van der Waals surface area contributed by atoms with Gasteiger partial charge in [-0.2, -0.15) is 0 Å². The second kappa shape index (κ2) is 7.69. The zero-order valence-electron chi connectivity index (χ0n) is 12.3. The predicted molar refractivity (Wildman–Crippen MR) is 80.2 cm³/mol. The van der Waals surface area contributed by atoms with E-state index in [9.17, 15) is 10.1 Å². The minimum Gasteiger partial charge on any atom is -0.491 e. The van der Waals surface area contributed by atoms with Crippen LogP contribution in [0.2, 0.25) is 0 Å². The summed E-state index contributed by atoms with van der Waals surface area (Å²) in [5.41, 5.74) is 6.37. The molecule has 0 spiro atoms. The Bertz CT molecular complexity index is 449. The molecular formula is C14H23N3O3. The maximum atomic E-state index is 11.0. The van der Waals surface area contributed by atoms with Crippen LogP contribution in [-0.4, -0.2) is 23.6 Å². The number of ether oxygens (including phenoxy) is 1. The lowest BCUT2D eigenvalue weighted by Gasteiger charge is -2.18. The van der Waals surface area contributed by atoms with Gasteiger partial charge in [0.1, 0.15) is 5.75 Å². The van der Waals surface area contributed by atoms with Crippen LogP contribution in [0.15, 0.2) is 18.2 Å². The Morgan fingerprint density at radius 1 is 1.40 bits per heavy atom. The van der Waals surface area contributed by atoms with Crippen LogP contribution in [-0.2, 0) is 0 Å². The maximum Gasteiger partial charge on any atom is 0.275 e. The molecule has 0 aromatic heterocycles. The molecule has 0 radical (unpaired) electrons. The molecule has 0 heterocycles. The van der Waals surface area contributed by atoms with Crippen molar-refractivity contribution in [2.45, 2.75) is 45.8 Å². The summed E-state index contributed by atoms with van der Waals surface area (Å²) in [6.07, 6.45) is 1.88. The van der Waals surface area contributed by atoms with Crippen LogP contribution in [0.5, 0.6) is 5.75 Å². The Morgan fingerprint density at radius 2 is 2.10 bits per heavy atom. The van der Waals surface area contributed by atoms with E-state index in [1.807, 2.05) is 13.8 Å². The molecule has 1 aromatic rings. The number of nitro groups is 1. The first-order valence-corrected chi connectivity index (χ1v) is 6.89. The fourth-order valence-corrected chi connectivity index (χ4v) is 1.95. The lowest BCUT2D eigenvalue weighted by atomic mass is 10.1. The number of non-ortho nitro benzene ring substituents is 1. The van der Waals surface area contributed by atoms with Crippen molar-refractivity contribution in [3.05, 3.63) is 28.3 Å². The Kier molecular flexibility index (Phi) is 6.24. The number of nitro benzene ring substituents is 1. The summed E-state index contributed by atoms with van der Waals surface area (Å²) < 4.78 is 5.55. The number of benzene rings is 1. The van der Waals surface area contributed by atoms with Crippen molar-refractivity contribution >= 4 is 11.4 Å². The van der Waals surface area contributed by atoms with Gasteiger partial charge in [0, 0.05) is 30.4 Å². The fourth-order valence-electron chi connectivity index (χ4n) is 1.95. The van der Waals surface area contributed by atoms with Gasteiger partial charge in [-0.15, -0.1) is 0 Å². The smallest absolute Gasteiger partial charge is 0.275 e. The normalized spacial score (nSPS) is 12.2. The minimum absolute atomic E-state index is 0.0120. The quantitative estimate of drug-likeness (QED) is 0.564. The average molecular weight is 281 g/mol. The van der Waals surface area contributed by atoms with Gasteiger partial charge < -0.3 is 15.8 Å². The number of nitrogens with two attached hydrogens (primary N) is 1. The van der Waals surface area contributed by atoms with Crippen LogP contribution < -0.4 is 15.8 Å². The topological polar surface area (TPSA) is 90.4 Å². The molecule has 1 aromatic carbocycles. The first-order chi connectivity index (χ1) is 9.46. The second-order valence-corrected chi connectivity index (χ2v) is 5.00. The summed E-state index contributed by atoms with van der Waals surface area (Å²) in [7, 11) is 0. The van der Waals surface area contributed by atoms with Crippen LogP contribution in [0.3, 0.4) is 0 Å². The first-order valence-electron chi connectivity index (χ1n) is 6.89. The molecule has 0 amide bonds. The van der Waals surface area contributed by atoms with E-state index in [4.69, 9.17) is 10.5 Å². The van der Waals surface area contributed by atoms with Crippen molar-refractivity contribution in [2.75, 3.05) is 11.9 Å². The number of hydrogen-bond donors (Lipinski definition) is 2. The molecule has 0 fully saturated rings. The Balaban J connectivity index is 2.98. The van der Waals surface area contributed by atoms with E-state index in [1.54, 1.807) is 6.07 Å². The third kappa shape index (κ3) is 5.05. The molecule has 0 saturated heterocycles. The van der Waals surface area contributed by atoms with Gasteiger partial charge in [0.25, 0.3) is 5.69 Å². The lowest BCUT2D eigenvalue weighted by molar-refractivity contribution is -0.384. The van der Waals surface area contributed by atoms with Gasteiger partial charge in [0.2, 0.25) is 0 Å². The third-order valence-electron chi connectivity index (χ3n) is 2.77. The number of nitrogens with one attached hydrogen (secondary N) is 1. The highest BCUT2D eigenvalue weighted by Gasteiger charge is 2.13. The minimum atomic E-state index is -0.421. The Morgan fingerprint density at radius 3 is 2.60 bits per heavy atom. The lowest BCUT2D eigenvalue weighted by Crippen LogP contribution is -2.28. The van der Waals surface area contributed by atoms with Gasteiger partial charge in [-0.1, -0.05) is 13.3 Å². The van der Waals surface area contributed by atoms with Crippen LogP contribution >= 0.6 is 0 Å². The van der Waals surface area contributed by atoms with Gasteiger partial charge in [0.05, 0.1) is 17.1 Å². The van der Waals surface area contributed by atoms with E-state index in [0.29, 0.717) is 18.0 Å². The standard InChI is InChI=1S/C14H23N3O3/c1-4-5-11(9-15)16-12-6-13(17(18)19)8-14(7-12)20-10(2)3/h6-8,10-11,16H,4-5,9,15H2,1-3H3. The molecule has 0 aliphatic heterocycles. The molecule has 1 unspecified atom stereocenters. The fraction of sp³-hybridized carbons (Fsp3) is 0.571. The number of hydrogen-bond acceptors (Lipinski definition) is 5. The van der Waals surface area contributed by atoms with E-state index in [1.165, 1.54) is 12.1 Å². The summed E-state index contributed by atoms with van der Waals surface area (Å²) in [6, 6.07) is 4.81. The number of anilines is 1. The van der Waals surface area contributed by atoms with Crippen LogP contribution in [0.25, 0.3) is 0 Å². The van der Waals surface area contributed by atoms with Gasteiger partial charge >= 0.3 is 0 Å². The van der Waals surface area contributed by atoms with E-state index in [-0.39, 0.29) is 17.8 Å². The van der Waals surface area contributed by atoms with E-state index < -0.39 is 4.92 Å². The zero-order valence-corrected chi connectivity index (χ0v) is 12.3. The molecule has 6 heteroatoms. The molecule has 6 nitrogen and oxygen atoms in total. The summed E-state index contributed by atoms with van der Waals surface area (Å²) >= 11 is 0. The van der Waals surface area contributed by atoms with Crippen molar-refractivity contribution in [3.8, 4) is 5.75 Å². The van der Waals surface area contributed by atoms with Crippen LogP contribution in [0.1, 0.15) is 33.6 Å². The van der Waals surface area contributed by atoms with Crippen molar-refractivity contribution < 1.29 is 9.66 Å². The molecule has 112 valence electrons. The number of rotatable bonds is 8. The van der Waals surface area contributed by atoms with E-state index >= 15 is 0 Å². The molecule has 20 heavy (non-hydrogen) atoms. The summed E-state index contributed by atoms with van der Waals surface area (Å²) in [6.45, 7) is 6.32. The van der Waals surface area contributed by atoms with Crippen molar-refractivity contribution in [2.24, 2.45) is 5.73 Å². The SMILES string of the molecule is CCCC(CN)Nc1cc(OC(C)C)cc([N+](=O)[O-])c1. The van der Waals surface area contributed by atoms with Crippen molar-refractivity contribution in [3.63, 3.8) is 0 Å². The highest BCUT2D eigenvalue weighted by molar-refractivity contribution is 5.56. The average Bonchev–Trinajstić information content (AvgIpc) is 2.37. The van der Waals surface area contributed by atoms with Gasteiger partial charge in [-0.05, 0) is 20.3 Å². The van der Waals surface area contributed by atoms with Crippen LogP contribution in [0, 0.1) is 10.1 Å². The van der Waals surface area contributed by atoms with E-state index in [2.05, 4.69) is 12.2 Å². The molecular weight excluding hydrogens is 258 g/mol. The third-order valence-corrected chi connectivity index (χ3v) is 2.77. The largest absolute Gasteiger partial charge is 0.491 e. The Hall–Kier alpha value is -1.82. The molecule has 0 aliphatic rings. The summed E-state index contributed by atoms with van der Waals surface area (Å²) in [4.78, 5) is 10.5. The second-order valence-electron chi connectivity index (χ2n) is 5.00. The summed E-state index contributed by atoms with van der Waals surface area (Å²) in [5, 5.41) is 14.2. The molecule has 1 atom stereocenters. The molecule has 1 rings (SSSR count). The number of nitrogens with zero attached hydrogens (tertiary/aromatic N) is 1. The van der Waals surface area contributed by atoms with E-state index in [0.717, 1.165) is 12.8 Å². The highest BCUT2D eigenvalue weighted by atomic mass is 16.6. The summed E-state index contributed by atoms with van der Waals surface area (Å²) in [5.74, 6) is 0.490. The predicted octanol–water partition coefficient (Wildman–Crippen LogP) is 2.92. The van der Waals surface area contributed by atoms with Crippen molar-refractivity contribution in [1.29, 1.82) is 0 Å². The maximum absolute atomic E-state index is 11.0. The Labute approximate surface area is 119 Å². The monoisotopic (exact) mass is 281 g/mol. The highest BCUT2D eigenvalue weighted by Crippen LogP contribution is 2.27. The molecule has 0 aliphatic carbocycles. The molecule has 0 bridgehead atoms. The van der Waals surface area contributed by atoms with Gasteiger partial charge in [-0.3, -0.25) is 10.1 Å². The molecule has 0 saturated carbocycles. The first kappa shape index (κ1) is 16.2. The van der Waals surface area contributed by atoms with Gasteiger partial charge in [0.15, 0.2) is 0 Å². The van der Waals surface area contributed by atoms with Gasteiger partial charge in [-0.25, -0.2) is 0 Å². The van der Waals surface area contributed by atoms with Crippen molar-refractivity contribution in [1.82, 2.24) is 0 Å².